The second-order valence-corrected chi connectivity index (χ2v) is 9.25. The number of carbonyl (C=O) groups is 2. The molecule has 150 valence electrons. The Kier molecular flexibility index (Phi) is 5.88. The van der Waals surface area contributed by atoms with E-state index in [0.717, 1.165) is 12.0 Å². The first kappa shape index (κ1) is 20.1. The van der Waals surface area contributed by atoms with E-state index in [2.05, 4.69) is 5.32 Å². The molecule has 28 heavy (non-hydrogen) atoms. The molecule has 2 amide bonds. The van der Waals surface area contributed by atoms with Crippen molar-refractivity contribution in [3.63, 3.8) is 0 Å². The number of anilines is 1. The molecular weight excluding hydrogens is 380 g/mol. The van der Waals surface area contributed by atoms with Crippen LogP contribution >= 0.6 is 0 Å². The van der Waals surface area contributed by atoms with Gasteiger partial charge in [0.1, 0.15) is 0 Å². The van der Waals surface area contributed by atoms with Crippen LogP contribution in [0, 0.1) is 6.92 Å². The van der Waals surface area contributed by atoms with Crippen molar-refractivity contribution < 1.29 is 22.4 Å². The lowest BCUT2D eigenvalue weighted by atomic mass is 10.1. The Morgan fingerprint density at radius 1 is 1.29 bits per heavy atom. The minimum absolute atomic E-state index is 0.00663. The molecule has 7 nitrogen and oxygen atoms in total. The van der Waals surface area contributed by atoms with Gasteiger partial charge in [-0.25, -0.2) is 8.42 Å². The van der Waals surface area contributed by atoms with Gasteiger partial charge in [-0.2, -0.15) is 0 Å². The van der Waals surface area contributed by atoms with Gasteiger partial charge in [-0.1, -0.05) is 13.0 Å². The van der Waals surface area contributed by atoms with Crippen molar-refractivity contribution >= 4 is 27.3 Å². The second kappa shape index (κ2) is 8.18. The largest absolute Gasteiger partial charge is 0.459 e. The van der Waals surface area contributed by atoms with Gasteiger partial charge in [0, 0.05) is 23.8 Å². The number of hydrogen-bond donors (Lipinski definition) is 1. The maximum absolute atomic E-state index is 13.1. The highest BCUT2D eigenvalue weighted by Crippen LogP contribution is 2.23. The number of sulfone groups is 1. The summed E-state index contributed by atoms with van der Waals surface area (Å²) in [5.41, 5.74) is 1.74. The molecule has 1 atom stereocenters. The number of furan rings is 1. The van der Waals surface area contributed by atoms with Gasteiger partial charge in [-0.15, -0.1) is 0 Å². The predicted octanol–water partition coefficient (Wildman–Crippen LogP) is 2.88. The Balaban J connectivity index is 1.83. The van der Waals surface area contributed by atoms with E-state index in [1.54, 1.807) is 35.2 Å². The zero-order chi connectivity index (χ0) is 20.3. The van der Waals surface area contributed by atoms with E-state index in [9.17, 15) is 18.0 Å². The van der Waals surface area contributed by atoms with Crippen LogP contribution in [0.4, 0.5) is 5.69 Å². The molecule has 1 aliphatic rings. The summed E-state index contributed by atoms with van der Waals surface area (Å²) in [6.45, 7) is 4.27. The van der Waals surface area contributed by atoms with Gasteiger partial charge in [0.05, 0.1) is 17.8 Å². The maximum Gasteiger partial charge on any atom is 0.291 e. The summed E-state index contributed by atoms with van der Waals surface area (Å²) in [5.74, 6) is -0.321. The lowest BCUT2D eigenvalue weighted by Crippen LogP contribution is -2.41. The van der Waals surface area contributed by atoms with Crippen molar-refractivity contribution in [3.8, 4) is 0 Å². The number of amides is 2. The Morgan fingerprint density at radius 2 is 2.07 bits per heavy atom. The van der Waals surface area contributed by atoms with Crippen molar-refractivity contribution in [3.05, 3.63) is 53.5 Å². The zero-order valence-corrected chi connectivity index (χ0v) is 16.8. The first-order chi connectivity index (χ1) is 13.3. The van der Waals surface area contributed by atoms with E-state index >= 15 is 0 Å². The molecule has 0 spiro atoms. The van der Waals surface area contributed by atoms with E-state index < -0.39 is 15.7 Å². The van der Waals surface area contributed by atoms with E-state index in [1.165, 1.54) is 6.26 Å². The van der Waals surface area contributed by atoms with Crippen LogP contribution in [0.1, 0.15) is 46.2 Å². The zero-order valence-electron chi connectivity index (χ0n) is 16.0. The summed E-state index contributed by atoms with van der Waals surface area (Å²) >= 11 is 0. The van der Waals surface area contributed by atoms with Gasteiger partial charge in [-0.3, -0.25) is 9.59 Å². The molecule has 1 N–H and O–H groups in total. The van der Waals surface area contributed by atoms with Crippen LogP contribution < -0.4 is 5.32 Å². The number of aryl methyl sites for hydroxylation is 1. The van der Waals surface area contributed by atoms with E-state index in [4.69, 9.17) is 4.42 Å². The van der Waals surface area contributed by atoms with Gasteiger partial charge in [0.15, 0.2) is 15.6 Å². The van der Waals surface area contributed by atoms with Crippen molar-refractivity contribution in [1.29, 1.82) is 0 Å². The van der Waals surface area contributed by atoms with Crippen molar-refractivity contribution in [2.75, 3.05) is 23.4 Å². The summed E-state index contributed by atoms with van der Waals surface area (Å²) in [6, 6.07) is 7.97. The van der Waals surface area contributed by atoms with E-state index in [1.807, 2.05) is 13.8 Å². The number of hydrogen-bond acceptors (Lipinski definition) is 5. The smallest absolute Gasteiger partial charge is 0.291 e. The van der Waals surface area contributed by atoms with E-state index in [-0.39, 0.29) is 29.2 Å². The third kappa shape index (κ3) is 4.44. The Bertz CT molecular complexity index is 966. The highest BCUT2D eigenvalue weighted by molar-refractivity contribution is 7.91. The molecule has 8 heteroatoms. The molecule has 1 aromatic heterocycles. The molecule has 1 unspecified atom stereocenters. The minimum Gasteiger partial charge on any atom is -0.459 e. The van der Waals surface area contributed by atoms with Crippen LogP contribution in [0.25, 0.3) is 0 Å². The van der Waals surface area contributed by atoms with E-state index in [0.29, 0.717) is 24.2 Å². The maximum atomic E-state index is 13.1. The van der Waals surface area contributed by atoms with Crippen LogP contribution in [0.15, 0.2) is 41.0 Å². The minimum atomic E-state index is -3.09. The van der Waals surface area contributed by atoms with Crippen molar-refractivity contribution in [2.45, 2.75) is 32.7 Å². The van der Waals surface area contributed by atoms with Crippen molar-refractivity contribution in [2.24, 2.45) is 0 Å². The second-order valence-electron chi connectivity index (χ2n) is 7.02. The van der Waals surface area contributed by atoms with Gasteiger partial charge in [-0.05, 0) is 49.6 Å². The summed E-state index contributed by atoms with van der Waals surface area (Å²) in [7, 11) is -3.09. The monoisotopic (exact) mass is 404 g/mol. The van der Waals surface area contributed by atoms with Gasteiger partial charge in [0.2, 0.25) is 0 Å². The number of benzene rings is 1. The van der Waals surface area contributed by atoms with Gasteiger partial charge < -0.3 is 14.6 Å². The fourth-order valence-electron chi connectivity index (χ4n) is 3.36. The molecular formula is C20H24N2O5S. The number of nitrogens with zero attached hydrogens (tertiary/aromatic N) is 1. The molecule has 0 bridgehead atoms. The Labute approximate surface area is 164 Å². The van der Waals surface area contributed by atoms with Crippen LogP contribution in [0.5, 0.6) is 0 Å². The molecule has 1 aromatic carbocycles. The number of carbonyl (C=O) groups excluding carboxylic acids is 2. The predicted molar refractivity (Wildman–Crippen MR) is 106 cm³/mol. The van der Waals surface area contributed by atoms with Crippen LogP contribution in [-0.2, 0) is 9.84 Å². The fraction of sp³-hybridized carbons (Fsp3) is 0.400. The highest BCUT2D eigenvalue weighted by Gasteiger charge is 2.34. The first-order valence-electron chi connectivity index (χ1n) is 9.27. The standard InChI is InChI=1S/C20H24N2O5S/c1-3-9-22(16-8-11-28(25,26)13-16)20(24)15-7-6-14(2)17(12-15)21-19(23)18-5-4-10-27-18/h4-7,10,12,16H,3,8-9,11,13H2,1-2H3,(H,21,23). The Morgan fingerprint density at radius 3 is 2.68 bits per heavy atom. The average Bonchev–Trinajstić information content (AvgIpc) is 3.30. The lowest BCUT2D eigenvalue weighted by Gasteiger charge is -2.28. The third-order valence-corrected chi connectivity index (χ3v) is 6.60. The summed E-state index contributed by atoms with van der Waals surface area (Å²) in [5, 5.41) is 2.76. The van der Waals surface area contributed by atoms with Gasteiger partial charge >= 0.3 is 0 Å². The quantitative estimate of drug-likeness (QED) is 0.798. The third-order valence-electron chi connectivity index (χ3n) is 4.85. The van der Waals surface area contributed by atoms with Crippen LogP contribution in [0.3, 0.4) is 0 Å². The summed E-state index contributed by atoms with van der Waals surface area (Å²) < 4.78 is 28.8. The summed E-state index contributed by atoms with van der Waals surface area (Å²) in [6.07, 6.45) is 2.61. The molecule has 2 heterocycles. The Hall–Kier alpha value is -2.61. The molecule has 0 saturated carbocycles. The normalized spacial score (nSPS) is 18.0. The van der Waals surface area contributed by atoms with Crippen LogP contribution in [0.2, 0.25) is 0 Å². The molecule has 1 aliphatic heterocycles. The topological polar surface area (TPSA) is 96.7 Å². The average molecular weight is 404 g/mol. The van der Waals surface area contributed by atoms with Gasteiger partial charge in [0.25, 0.3) is 11.8 Å². The lowest BCUT2D eigenvalue weighted by molar-refractivity contribution is 0.0697. The molecule has 1 saturated heterocycles. The fourth-order valence-corrected chi connectivity index (χ4v) is 5.09. The number of nitrogens with one attached hydrogen (secondary N) is 1. The van der Waals surface area contributed by atoms with Crippen LogP contribution in [-0.4, -0.2) is 49.2 Å². The molecule has 0 radical (unpaired) electrons. The van der Waals surface area contributed by atoms with Crippen molar-refractivity contribution in [1.82, 2.24) is 4.90 Å². The highest BCUT2D eigenvalue weighted by atomic mass is 32.2. The first-order valence-corrected chi connectivity index (χ1v) is 11.1. The molecule has 3 rings (SSSR count). The summed E-state index contributed by atoms with van der Waals surface area (Å²) in [4.78, 5) is 27.0. The SMILES string of the molecule is CCCN(C(=O)c1ccc(C)c(NC(=O)c2ccco2)c1)C1CCS(=O)(=O)C1. The number of rotatable bonds is 6. The molecule has 2 aromatic rings. The molecule has 1 fully saturated rings. The molecule has 0 aliphatic carbocycles.